The molecule has 0 spiro atoms. The minimum atomic E-state index is -2.97. The summed E-state index contributed by atoms with van der Waals surface area (Å²) in [6.07, 6.45) is 3.69. The van der Waals surface area contributed by atoms with Crippen LogP contribution in [0.1, 0.15) is 41.1 Å². The predicted molar refractivity (Wildman–Crippen MR) is 151 cm³/mol. The van der Waals surface area contributed by atoms with E-state index in [1.807, 2.05) is 37.3 Å². The maximum absolute atomic E-state index is 14.7. The Kier molecular flexibility index (Phi) is 6.81. The normalized spacial score (nSPS) is 22.1. The summed E-state index contributed by atoms with van der Waals surface area (Å²) in [5.74, 6) is 0.937. The fourth-order valence-electron chi connectivity index (χ4n) is 6.62. The Hall–Kier alpha value is -3.46. The van der Waals surface area contributed by atoms with E-state index in [4.69, 9.17) is 9.72 Å². The number of benzene rings is 2. The van der Waals surface area contributed by atoms with Crippen LogP contribution in [-0.4, -0.2) is 49.6 Å². The van der Waals surface area contributed by atoms with Crippen molar-refractivity contribution in [3.8, 4) is 16.9 Å². The van der Waals surface area contributed by atoms with Gasteiger partial charge in [-0.3, -0.25) is 4.79 Å². The molecule has 0 radical (unpaired) electrons. The number of hydrogen-bond acceptors (Lipinski definition) is 6. The largest absolute Gasteiger partial charge is 0.489 e. The van der Waals surface area contributed by atoms with Gasteiger partial charge in [0, 0.05) is 42.1 Å². The van der Waals surface area contributed by atoms with Gasteiger partial charge in [0.2, 0.25) is 0 Å². The number of aliphatic carboxylic acids is 1. The second-order valence-electron chi connectivity index (χ2n) is 11.5. The molecular weight excluding hydrogens is 531 g/mol. The van der Waals surface area contributed by atoms with Crippen LogP contribution in [0.25, 0.3) is 11.1 Å². The third-order valence-corrected chi connectivity index (χ3v) is 9.76. The van der Waals surface area contributed by atoms with Gasteiger partial charge in [0.1, 0.15) is 33.8 Å². The highest BCUT2D eigenvalue weighted by molar-refractivity contribution is 7.90. The van der Waals surface area contributed by atoms with Crippen LogP contribution in [0.15, 0.2) is 48.5 Å². The van der Waals surface area contributed by atoms with E-state index in [1.54, 1.807) is 12.1 Å². The highest BCUT2D eigenvalue weighted by atomic mass is 32.2. The number of carbonyl (C=O) groups is 1. The van der Waals surface area contributed by atoms with E-state index in [0.717, 1.165) is 66.1 Å². The molecule has 6 rings (SSSR count). The van der Waals surface area contributed by atoms with Crippen LogP contribution in [0.3, 0.4) is 0 Å². The quantitative estimate of drug-likeness (QED) is 0.411. The molecule has 0 bridgehead atoms. The molecule has 1 aromatic heterocycles. The second kappa shape index (κ2) is 10.2. The molecule has 210 valence electrons. The lowest BCUT2D eigenvalue weighted by molar-refractivity contribution is -0.139. The molecule has 3 aromatic rings. The number of anilines is 1. The number of nitrogens with zero attached hydrogens (tertiary/aromatic N) is 2. The highest BCUT2D eigenvalue weighted by Crippen LogP contribution is 2.61. The lowest BCUT2D eigenvalue weighted by Gasteiger charge is -2.32. The maximum Gasteiger partial charge on any atom is 0.307 e. The van der Waals surface area contributed by atoms with Gasteiger partial charge in [-0.25, -0.2) is 17.8 Å². The first-order valence-corrected chi connectivity index (χ1v) is 15.8. The highest BCUT2D eigenvalue weighted by Gasteiger charge is 2.59. The Morgan fingerprint density at radius 3 is 2.60 bits per heavy atom. The van der Waals surface area contributed by atoms with Crippen molar-refractivity contribution < 1.29 is 27.4 Å². The number of aryl methyl sites for hydroxylation is 1. The number of carboxylic acids is 1. The van der Waals surface area contributed by atoms with E-state index < -0.39 is 15.8 Å². The van der Waals surface area contributed by atoms with Crippen LogP contribution in [0, 0.1) is 30.5 Å². The van der Waals surface area contributed by atoms with Crippen molar-refractivity contribution in [3.05, 3.63) is 76.7 Å². The minimum Gasteiger partial charge on any atom is -0.489 e. The molecule has 1 saturated heterocycles. The van der Waals surface area contributed by atoms with Crippen LogP contribution in [0.2, 0.25) is 0 Å². The number of rotatable bonds is 8. The second-order valence-corrected chi connectivity index (χ2v) is 13.7. The third kappa shape index (κ3) is 5.31. The fourth-order valence-corrected chi connectivity index (χ4v) is 7.81. The summed E-state index contributed by atoms with van der Waals surface area (Å²) < 4.78 is 44.0. The van der Waals surface area contributed by atoms with E-state index in [0.29, 0.717) is 11.3 Å². The van der Waals surface area contributed by atoms with Gasteiger partial charge in [-0.15, -0.1) is 0 Å². The molecular formula is C31H33FN2O5S. The molecule has 2 heterocycles. The molecule has 1 aliphatic heterocycles. The Balaban J connectivity index is 1.12. The Morgan fingerprint density at radius 2 is 1.90 bits per heavy atom. The van der Waals surface area contributed by atoms with E-state index >= 15 is 0 Å². The molecule has 3 aliphatic rings. The number of sulfone groups is 1. The van der Waals surface area contributed by atoms with Crippen LogP contribution in [0.5, 0.6) is 5.75 Å². The summed E-state index contributed by atoms with van der Waals surface area (Å²) in [7, 11) is -2.97. The number of ether oxygens (including phenoxy) is 1. The lowest BCUT2D eigenvalue weighted by atomic mass is 9.98. The SMILES string of the molecule is Cc1nc(N2CCC(CS(C)(=O)=O)CC2)ccc1-c1ccc(F)c(COc2ccc3c(c2)C[C@H]2[C@H](C(=O)O)[C@@H]32)c1. The molecule has 7 nitrogen and oxygen atoms in total. The molecule has 3 atom stereocenters. The molecule has 0 unspecified atom stereocenters. The van der Waals surface area contributed by atoms with Crippen LogP contribution < -0.4 is 9.64 Å². The molecule has 9 heteroatoms. The first kappa shape index (κ1) is 26.7. The number of aromatic nitrogens is 1. The van der Waals surface area contributed by atoms with Crippen molar-refractivity contribution in [1.29, 1.82) is 0 Å². The number of piperidine rings is 1. The van der Waals surface area contributed by atoms with E-state index in [9.17, 15) is 22.7 Å². The average Bonchev–Trinajstić information content (AvgIpc) is 3.50. The van der Waals surface area contributed by atoms with Gasteiger partial charge in [-0.05, 0) is 91.1 Å². The zero-order valence-electron chi connectivity index (χ0n) is 22.6. The molecule has 40 heavy (non-hydrogen) atoms. The van der Waals surface area contributed by atoms with Crippen LogP contribution in [0.4, 0.5) is 10.2 Å². The van der Waals surface area contributed by atoms with Crippen molar-refractivity contribution in [2.24, 2.45) is 17.8 Å². The van der Waals surface area contributed by atoms with Gasteiger partial charge in [0.15, 0.2) is 0 Å². The first-order chi connectivity index (χ1) is 19.1. The summed E-state index contributed by atoms with van der Waals surface area (Å²) in [5.41, 5.74) is 5.29. The van der Waals surface area contributed by atoms with E-state index in [-0.39, 0.29) is 41.8 Å². The molecule has 1 saturated carbocycles. The summed E-state index contributed by atoms with van der Waals surface area (Å²) in [6, 6.07) is 14.7. The summed E-state index contributed by atoms with van der Waals surface area (Å²) in [6.45, 7) is 3.57. The number of hydrogen-bond donors (Lipinski definition) is 1. The number of fused-ring (bicyclic) bond motifs is 3. The molecule has 2 fully saturated rings. The van der Waals surface area contributed by atoms with Crippen LogP contribution >= 0.6 is 0 Å². The van der Waals surface area contributed by atoms with Gasteiger partial charge in [0.25, 0.3) is 0 Å². The summed E-state index contributed by atoms with van der Waals surface area (Å²) >= 11 is 0. The van der Waals surface area contributed by atoms with Gasteiger partial charge in [0.05, 0.1) is 11.7 Å². The van der Waals surface area contributed by atoms with E-state index in [2.05, 4.69) is 4.90 Å². The monoisotopic (exact) mass is 564 g/mol. The molecule has 2 aromatic carbocycles. The van der Waals surface area contributed by atoms with Crippen molar-refractivity contribution >= 4 is 21.6 Å². The van der Waals surface area contributed by atoms with Gasteiger partial charge >= 0.3 is 5.97 Å². The van der Waals surface area contributed by atoms with Crippen molar-refractivity contribution in [3.63, 3.8) is 0 Å². The predicted octanol–water partition coefficient (Wildman–Crippen LogP) is 5.01. The Bertz CT molecular complexity index is 1580. The van der Waals surface area contributed by atoms with Crippen molar-refractivity contribution in [2.45, 2.75) is 38.7 Å². The number of halogens is 1. The minimum absolute atomic E-state index is 0.0794. The summed E-state index contributed by atoms with van der Waals surface area (Å²) in [4.78, 5) is 18.4. The number of pyridine rings is 1. The Labute approximate surface area is 233 Å². The van der Waals surface area contributed by atoms with Crippen LogP contribution in [-0.2, 0) is 27.7 Å². The van der Waals surface area contributed by atoms with Gasteiger partial charge in [-0.2, -0.15) is 0 Å². The maximum atomic E-state index is 14.7. The average molecular weight is 565 g/mol. The number of carboxylic acid groups (broad SMARTS) is 1. The summed E-state index contributed by atoms with van der Waals surface area (Å²) in [5, 5.41) is 9.33. The lowest BCUT2D eigenvalue weighted by Crippen LogP contribution is -2.36. The van der Waals surface area contributed by atoms with Crippen molar-refractivity contribution in [1.82, 2.24) is 4.98 Å². The third-order valence-electron chi connectivity index (χ3n) is 8.68. The first-order valence-electron chi connectivity index (χ1n) is 13.7. The van der Waals surface area contributed by atoms with Gasteiger partial charge in [-0.1, -0.05) is 12.1 Å². The molecule has 0 amide bonds. The van der Waals surface area contributed by atoms with E-state index in [1.165, 1.54) is 12.3 Å². The zero-order valence-corrected chi connectivity index (χ0v) is 23.5. The smallest absolute Gasteiger partial charge is 0.307 e. The Morgan fingerprint density at radius 1 is 1.12 bits per heavy atom. The van der Waals surface area contributed by atoms with Gasteiger partial charge < -0.3 is 14.7 Å². The zero-order chi connectivity index (χ0) is 28.2. The molecule has 2 aliphatic carbocycles. The topological polar surface area (TPSA) is 96.8 Å². The fraction of sp³-hybridized carbons (Fsp3) is 0.419. The standard InChI is InChI=1S/C31H33FN2O5S/c1-18-24(6-8-28(33-18)34-11-9-19(10-12-34)17-40(2,37)38)20-3-7-27(32)22(13-20)16-39-23-4-5-25-21(14-23)15-26-29(25)30(26)31(35)36/h3-8,13-14,19,26,29-30H,9-12,15-17H2,1-2H3,(H,35,36)/t26-,29+,30+/m1/s1. The van der Waals surface area contributed by atoms with Crippen molar-refractivity contribution in [2.75, 3.05) is 30.0 Å². The molecule has 1 N–H and O–H groups in total.